The average Bonchev–Trinajstić information content (AvgIpc) is 2.93. The molecule has 3 aromatic rings. The van der Waals surface area contributed by atoms with E-state index in [0.29, 0.717) is 31.7 Å². The van der Waals surface area contributed by atoms with Crippen molar-refractivity contribution in [2.45, 2.75) is 6.42 Å². The zero-order valence-electron chi connectivity index (χ0n) is 17.4. The second-order valence-corrected chi connectivity index (χ2v) is 7.79. The fourth-order valence-corrected chi connectivity index (χ4v) is 4.02. The summed E-state index contributed by atoms with van der Waals surface area (Å²) in [6, 6.07) is 19.4. The molecular formula is C25H24FN3O2. The van der Waals surface area contributed by atoms with Gasteiger partial charge in [0.15, 0.2) is 0 Å². The second-order valence-electron chi connectivity index (χ2n) is 7.79. The molecule has 1 atom stereocenters. The van der Waals surface area contributed by atoms with Crippen molar-refractivity contribution >= 4 is 11.8 Å². The van der Waals surface area contributed by atoms with Gasteiger partial charge in [0.1, 0.15) is 11.5 Å². The third-order valence-corrected chi connectivity index (χ3v) is 5.66. The van der Waals surface area contributed by atoms with Gasteiger partial charge in [0.05, 0.1) is 5.92 Å². The average molecular weight is 417 g/mol. The van der Waals surface area contributed by atoms with Gasteiger partial charge in [-0.2, -0.15) is 0 Å². The lowest BCUT2D eigenvalue weighted by Crippen LogP contribution is -2.37. The van der Waals surface area contributed by atoms with Gasteiger partial charge in [-0.25, -0.2) is 4.39 Å². The van der Waals surface area contributed by atoms with Crippen molar-refractivity contribution in [1.29, 1.82) is 0 Å². The maximum absolute atomic E-state index is 13.8. The summed E-state index contributed by atoms with van der Waals surface area (Å²) in [5.41, 5.74) is 2.99. The van der Waals surface area contributed by atoms with Gasteiger partial charge in [0.2, 0.25) is 5.91 Å². The molecule has 0 bridgehead atoms. The fraction of sp³-hybridized carbons (Fsp3) is 0.240. The summed E-state index contributed by atoms with van der Waals surface area (Å²) < 4.78 is 13.8. The third-order valence-electron chi connectivity index (χ3n) is 5.66. The molecule has 2 heterocycles. The first-order valence-corrected chi connectivity index (χ1v) is 10.3. The van der Waals surface area contributed by atoms with E-state index in [2.05, 4.69) is 4.98 Å². The summed E-state index contributed by atoms with van der Waals surface area (Å²) in [7, 11) is 1.77. The summed E-state index contributed by atoms with van der Waals surface area (Å²) in [5, 5.41) is 0. The molecule has 0 N–H and O–H groups in total. The Kier molecular flexibility index (Phi) is 6.07. The van der Waals surface area contributed by atoms with Gasteiger partial charge < -0.3 is 9.80 Å². The zero-order valence-corrected chi connectivity index (χ0v) is 17.4. The number of halogens is 1. The molecule has 5 nitrogen and oxygen atoms in total. The number of nitrogens with zero attached hydrogens (tertiary/aromatic N) is 3. The lowest BCUT2D eigenvalue weighted by molar-refractivity contribution is -0.133. The number of hydrogen-bond acceptors (Lipinski definition) is 3. The number of aromatic nitrogens is 1. The minimum Gasteiger partial charge on any atom is -0.344 e. The van der Waals surface area contributed by atoms with Crippen LogP contribution in [-0.4, -0.2) is 53.3 Å². The summed E-state index contributed by atoms with van der Waals surface area (Å²) in [5.74, 6) is -0.864. The van der Waals surface area contributed by atoms with E-state index in [1.807, 2.05) is 30.3 Å². The number of benzene rings is 2. The lowest BCUT2D eigenvalue weighted by atomic mass is 9.91. The van der Waals surface area contributed by atoms with Crippen molar-refractivity contribution in [2.75, 3.05) is 26.7 Å². The molecule has 2 aromatic carbocycles. The quantitative estimate of drug-likeness (QED) is 0.651. The molecule has 1 unspecified atom stereocenters. The van der Waals surface area contributed by atoms with E-state index < -0.39 is 5.92 Å². The zero-order chi connectivity index (χ0) is 21.8. The van der Waals surface area contributed by atoms with Crippen molar-refractivity contribution in [3.8, 4) is 11.1 Å². The summed E-state index contributed by atoms with van der Waals surface area (Å²) in [6.07, 6.45) is 2.05. The molecule has 0 spiro atoms. The summed E-state index contributed by atoms with van der Waals surface area (Å²) in [4.78, 5) is 33.6. The normalized spacial score (nSPS) is 16.8. The Morgan fingerprint density at radius 1 is 1.06 bits per heavy atom. The first-order chi connectivity index (χ1) is 15.0. The van der Waals surface area contributed by atoms with E-state index in [1.165, 1.54) is 12.1 Å². The Balaban J connectivity index is 1.62. The first-order valence-electron chi connectivity index (χ1n) is 10.3. The number of carbonyl (C=O) groups is 2. The number of carbonyl (C=O) groups excluding carboxylic acids is 2. The minimum absolute atomic E-state index is 0.00497. The molecular weight excluding hydrogens is 393 g/mol. The van der Waals surface area contributed by atoms with Crippen LogP contribution in [0.2, 0.25) is 0 Å². The Bertz CT molecular complexity index is 1090. The van der Waals surface area contributed by atoms with Crippen molar-refractivity contribution in [1.82, 2.24) is 14.8 Å². The van der Waals surface area contributed by atoms with Crippen LogP contribution in [0.1, 0.15) is 16.1 Å². The highest BCUT2D eigenvalue weighted by atomic mass is 19.1. The Labute approximate surface area is 181 Å². The van der Waals surface area contributed by atoms with Gasteiger partial charge in [-0.1, -0.05) is 42.5 Å². The summed E-state index contributed by atoms with van der Waals surface area (Å²) >= 11 is 0. The molecule has 1 saturated heterocycles. The van der Waals surface area contributed by atoms with Gasteiger partial charge in [-0.05, 0) is 47.4 Å². The van der Waals surface area contributed by atoms with Crippen molar-refractivity contribution in [3.05, 3.63) is 90.0 Å². The maximum Gasteiger partial charge on any atom is 0.272 e. The molecule has 31 heavy (non-hydrogen) atoms. The van der Waals surface area contributed by atoms with Crippen molar-refractivity contribution in [2.24, 2.45) is 5.92 Å². The fourth-order valence-electron chi connectivity index (χ4n) is 4.02. The van der Waals surface area contributed by atoms with Crippen molar-refractivity contribution < 1.29 is 14.0 Å². The van der Waals surface area contributed by atoms with Crippen LogP contribution in [0.5, 0.6) is 0 Å². The number of rotatable bonds is 4. The molecule has 0 saturated carbocycles. The van der Waals surface area contributed by atoms with E-state index in [-0.39, 0.29) is 17.6 Å². The number of hydrogen-bond donors (Lipinski definition) is 0. The van der Waals surface area contributed by atoms with E-state index in [1.54, 1.807) is 47.3 Å². The topological polar surface area (TPSA) is 53.5 Å². The summed E-state index contributed by atoms with van der Waals surface area (Å²) in [6.45, 7) is 1.25. The van der Waals surface area contributed by atoms with Crippen LogP contribution in [0.25, 0.3) is 11.1 Å². The molecule has 6 heteroatoms. The maximum atomic E-state index is 13.8. The smallest absolute Gasteiger partial charge is 0.272 e. The first kappa shape index (κ1) is 20.7. The molecule has 1 fully saturated rings. The number of amides is 2. The van der Waals surface area contributed by atoms with Crippen LogP contribution in [0.4, 0.5) is 4.39 Å². The molecule has 0 aliphatic carbocycles. The van der Waals surface area contributed by atoms with Crippen LogP contribution < -0.4 is 0 Å². The molecule has 2 amide bonds. The highest BCUT2D eigenvalue weighted by Gasteiger charge is 2.32. The predicted molar refractivity (Wildman–Crippen MR) is 117 cm³/mol. The van der Waals surface area contributed by atoms with Gasteiger partial charge in [-0.3, -0.25) is 14.6 Å². The molecule has 0 radical (unpaired) electrons. The van der Waals surface area contributed by atoms with Gasteiger partial charge in [-0.15, -0.1) is 0 Å². The monoisotopic (exact) mass is 417 g/mol. The Morgan fingerprint density at radius 2 is 1.87 bits per heavy atom. The van der Waals surface area contributed by atoms with Crippen LogP contribution in [-0.2, 0) is 11.2 Å². The molecule has 158 valence electrons. The standard InChI is InChI=1S/C25H24FN3O2/c1-28-13-14-29(25(31)23-11-4-5-12-27-23)17-20(24(28)30)15-18-7-2-3-10-22(18)19-8-6-9-21(26)16-19/h2-12,16,20H,13-15,17H2,1H3. The van der Waals surface area contributed by atoms with E-state index >= 15 is 0 Å². The predicted octanol–water partition coefficient (Wildman–Crippen LogP) is 3.66. The van der Waals surface area contributed by atoms with Gasteiger partial charge >= 0.3 is 0 Å². The van der Waals surface area contributed by atoms with Crippen LogP contribution in [0.15, 0.2) is 72.9 Å². The molecule has 1 aliphatic rings. The number of pyridine rings is 1. The molecule has 1 aliphatic heterocycles. The number of likely N-dealkylation sites (N-methyl/N-ethyl adjacent to an activating group) is 1. The van der Waals surface area contributed by atoms with Gasteiger partial charge in [0, 0.05) is 32.9 Å². The van der Waals surface area contributed by atoms with E-state index in [4.69, 9.17) is 0 Å². The highest BCUT2D eigenvalue weighted by Crippen LogP contribution is 2.27. The van der Waals surface area contributed by atoms with Crippen LogP contribution in [0, 0.1) is 11.7 Å². The SMILES string of the molecule is CN1CCN(C(=O)c2ccccn2)CC(Cc2ccccc2-c2cccc(F)c2)C1=O. The van der Waals surface area contributed by atoms with E-state index in [9.17, 15) is 14.0 Å². The second kappa shape index (κ2) is 9.08. The van der Waals surface area contributed by atoms with Crippen LogP contribution >= 0.6 is 0 Å². The highest BCUT2D eigenvalue weighted by molar-refractivity contribution is 5.93. The Hall–Kier alpha value is -3.54. The van der Waals surface area contributed by atoms with Crippen LogP contribution in [0.3, 0.4) is 0 Å². The minimum atomic E-state index is -0.394. The Morgan fingerprint density at radius 3 is 2.65 bits per heavy atom. The van der Waals surface area contributed by atoms with Gasteiger partial charge in [0.25, 0.3) is 5.91 Å². The lowest BCUT2D eigenvalue weighted by Gasteiger charge is -2.24. The van der Waals surface area contributed by atoms with E-state index in [0.717, 1.165) is 16.7 Å². The third kappa shape index (κ3) is 4.63. The molecule has 1 aromatic heterocycles. The van der Waals surface area contributed by atoms with Crippen molar-refractivity contribution in [3.63, 3.8) is 0 Å². The largest absolute Gasteiger partial charge is 0.344 e. The molecule has 4 rings (SSSR count).